The predicted octanol–water partition coefficient (Wildman–Crippen LogP) is 2.15. The average Bonchev–Trinajstić information content (AvgIpc) is 2.48. The molecule has 1 aromatic rings. The fourth-order valence-corrected chi connectivity index (χ4v) is 3.26. The zero-order valence-corrected chi connectivity index (χ0v) is 13.1. The van der Waals surface area contributed by atoms with Gasteiger partial charge in [0.15, 0.2) is 0 Å². The Bertz CT molecular complexity index is 431. The third-order valence-electron chi connectivity index (χ3n) is 4.59. The molecule has 1 fully saturated rings. The first-order chi connectivity index (χ1) is 9.61. The van der Waals surface area contributed by atoms with Crippen LogP contribution in [0.25, 0.3) is 0 Å². The number of nitrogens with one attached hydrogen (secondary N) is 1. The van der Waals surface area contributed by atoms with E-state index in [-0.39, 0.29) is 11.6 Å². The van der Waals surface area contributed by atoms with Crippen LogP contribution < -0.4 is 5.32 Å². The normalized spacial score (nSPS) is 21.4. The van der Waals surface area contributed by atoms with E-state index < -0.39 is 0 Å². The Labute approximate surface area is 122 Å². The monoisotopic (exact) mass is 277 g/mol. The van der Waals surface area contributed by atoms with Gasteiger partial charge in [0.2, 0.25) is 0 Å². The molecule has 112 valence electrons. The summed E-state index contributed by atoms with van der Waals surface area (Å²) in [5.41, 5.74) is 2.56. The zero-order chi connectivity index (χ0) is 14.6. The minimum Gasteiger partial charge on any atom is -0.379 e. The summed E-state index contributed by atoms with van der Waals surface area (Å²) in [5, 5.41) is 3.51. The van der Waals surface area contributed by atoms with Gasteiger partial charge in [-0.3, -0.25) is 9.88 Å². The van der Waals surface area contributed by atoms with Crippen LogP contribution >= 0.6 is 0 Å². The van der Waals surface area contributed by atoms with Crippen molar-refractivity contribution < 1.29 is 4.74 Å². The minimum atomic E-state index is 0.0774. The predicted molar refractivity (Wildman–Crippen MR) is 81.9 cm³/mol. The largest absolute Gasteiger partial charge is 0.379 e. The molecule has 1 N–H and O–H groups in total. The molecule has 0 spiro atoms. The van der Waals surface area contributed by atoms with Gasteiger partial charge in [-0.1, -0.05) is 13.0 Å². The van der Waals surface area contributed by atoms with Crippen molar-refractivity contribution >= 4 is 0 Å². The van der Waals surface area contributed by atoms with Crippen LogP contribution in [0.1, 0.15) is 37.4 Å². The first-order valence-corrected chi connectivity index (χ1v) is 7.53. The highest BCUT2D eigenvalue weighted by Crippen LogP contribution is 2.34. The minimum absolute atomic E-state index is 0.0774. The molecule has 2 unspecified atom stereocenters. The molecule has 0 radical (unpaired) electrons. The summed E-state index contributed by atoms with van der Waals surface area (Å²) in [4.78, 5) is 6.92. The molecule has 1 aromatic heterocycles. The number of ether oxygens (including phenoxy) is 1. The summed E-state index contributed by atoms with van der Waals surface area (Å²) in [6.45, 7) is 10.4. The lowest BCUT2D eigenvalue weighted by Gasteiger charge is -2.47. The van der Waals surface area contributed by atoms with Gasteiger partial charge in [-0.25, -0.2) is 0 Å². The van der Waals surface area contributed by atoms with Gasteiger partial charge in [0.05, 0.1) is 19.3 Å². The number of nitrogens with zero attached hydrogens (tertiary/aromatic N) is 2. The fourth-order valence-electron chi connectivity index (χ4n) is 3.26. The van der Waals surface area contributed by atoms with Crippen molar-refractivity contribution in [2.75, 3.05) is 33.4 Å². The quantitative estimate of drug-likeness (QED) is 0.895. The molecule has 0 aromatic carbocycles. The number of hydrogen-bond acceptors (Lipinski definition) is 4. The molecule has 0 bridgehead atoms. The summed E-state index contributed by atoms with van der Waals surface area (Å²) < 4.78 is 5.50. The second kappa shape index (κ2) is 6.66. The van der Waals surface area contributed by atoms with Crippen LogP contribution in [-0.2, 0) is 4.74 Å². The summed E-state index contributed by atoms with van der Waals surface area (Å²) in [5.74, 6) is 0. The van der Waals surface area contributed by atoms with E-state index in [1.165, 1.54) is 11.1 Å². The van der Waals surface area contributed by atoms with Crippen LogP contribution in [0.2, 0.25) is 0 Å². The molecule has 4 nitrogen and oxygen atoms in total. The van der Waals surface area contributed by atoms with E-state index in [1.807, 2.05) is 19.4 Å². The molecule has 4 heteroatoms. The summed E-state index contributed by atoms with van der Waals surface area (Å²) in [7, 11) is 2.04. The van der Waals surface area contributed by atoms with Crippen molar-refractivity contribution in [3.05, 3.63) is 29.6 Å². The lowest BCUT2D eigenvalue weighted by atomic mass is 9.83. The first-order valence-electron chi connectivity index (χ1n) is 7.53. The van der Waals surface area contributed by atoms with Crippen molar-refractivity contribution in [2.45, 2.75) is 38.8 Å². The number of aryl methyl sites for hydroxylation is 1. The van der Waals surface area contributed by atoms with Gasteiger partial charge in [0, 0.05) is 31.0 Å². The maximum atomic E-state index is 5.50. The maximum Gasteiger partial charge on any atom is 0.0594 e. The Hall–Kier alpha value is -0.970. The molecule has 1 aliphatic rings. The van der Waals surface area contributed by atoms with Gasteiger partial charge in [0.25, 0.3) is 0 Å². The molecule has 2 rings (SSSR count). The number of morpholine rings is 1. The van der Waals surface area contributed by atoms with Gasteiger partial charge < -0.3 is 10.1 Å². The van der Waals surface area contributed by atoms with Crippen LogP contribution in [0, 0.1) is 6.92 Å². The van der Waals surface area contributed by atoms with E-state index in [4.69, 9.17) is 4.74 Å². The molecule has 2 heterocycles. The van der Waals surface area contributed by atoms with E-state index in [1.54, 1.807) is 0 Å². The number of pyridine rings is 1. The van der Waals surface area contributed by atoms with E-state index >= 15 is 0 Å². The average molecular weight is 277 g/mol. The van der Waals surface area contributed by atoms with Gasteiger partial charge in [-0.05, 0) is 38.4 Å². The first kappa shape index (κ1) is 15.4. The van der Waals surface area contributed by atoms with Crippen LogP contribution in [0.4, 0.5) is 0 Å². The summed E-state index contributed by atoms with van der Waals surface area (Å²) >= 11 is 0. The highest BCUT2D eigenvalue weighted by atomic mass is 16.5. The van der Waals surface area contributed by atoms with E-state index in [9.17, 15) is 0 Å². The molecule has 0 saturated carbocycles. The lowest BCUT2D eigenvalue weighted by molar-refractivity contribution is -0.0319. The number of hydrogen-bond donors (Lipinski definition) is 1. The summed E-state index contributed by atoms with van der Waals surface area (Å²) in [6.07, 6.45) is 4.99. The zero-order valence-electron chi connectivity index (χ0n) is 13.1. The van der Waals surface area contributed by atoms with Crippen molar-refractivity contribution in [3.63, 3.8) is 0 Å². The second-order valence-corrected chi connectivity index (χ2v) is 5.83. The van der Waals surface area contributed by atoms with Crippen LogP contribution in [-0.4, -0.2) is 48.8 Å². The SMILES string of the molecule is CCC(C)(C(NC)c1cncc(C)c1)N1CCOCC1. The number of aromatic nitrogens is 1. The van der Waals surface area contributed by atoms with Crippen LogP contribution in [0.5, 0.6) is 0 Å². The smallest absolute Gasteiger partial charge is 0.0594 e. The molecule has 1 saturated heterocycles. The van der Waals surface area contributed by atoms with E-state index in [2.05, 4.69) is 42.0 Å². The van der Waals surface area contributed by atoms with Crippen LogP contribution in [0.3, 0.4) is 0 Å². The standard InChI is InChI=1S/C16H27N3O/c1-5-16(3,19-6-8-20-9-7-19)15(17-4)14-10-13(2)11-18-12-14/h10-12,15,17H,5-9H2,1-4H3. The van der Waals surface area contributed by atoms with E-state index in [0.29, 0.717) is 0 Å². The van der Waals surface area contributed by atoms with Gasteiger partial charge in [0.1, 0.15) is 0 Å². The topological polar surface area (TPSA) is 37.4 Å². The Kier molecular flexibility index (Phi) is 5.13. The van der Waals surface area contributed by atoms with Crippen molar-refractivity contribution in [1.82, 2.24) is 15.2 Å². The Morgan fingerprint density at radius 3 is 2.65 bits per heavy atom. The van der Waals surface area contributed by atoms with E-state index in [0.717, 1.165) is 32.7 Å². The highest BCUT2D eigenvalue weighted by molar-refractivity contribution is 5.24. The highest BCUT2D eigenvalue weighted by Gasteiger charge is 2.39. The maximum absolute atomic E-state index is 5.50. The Morgan fingerprint density at radius 2 is 2.10 bits per heavy atom. The van der Waals surface area contributed by atoms with Crippen LogP contribution in [0.15, 0.2) is 18.5 Å². The molecular weight excluding hydrogens is 250 g/mol. The molecule has 0 amide bonds. The molecule has 2 atom stereocenters. The molecule has 1 aliphatic heterocycles. The van der Waals surface area contributed by atoms with Crippen molar-refractivity contribution in [2.24, 2.45) is 0 Å². The van der Waals surface area contributed by atoms with Crippen molar-refractivity contribution in [3.8, 4) is 0 Å². The third kappa shape index (κ3) is 3.03. The molecular formula is C16H27N3O. The van der Waals surface area contributed by atoms with Gasteiger partial charge in [-0.15, -0.1) is 0 Å². The Balaban J connectivity index is 2.30. The van der Waals surface area contributed by atoms with Gasteiger partial charge in [-0.2, -0.15) is 0 Å². The molecule has 20 heavy (non-hydrogen) atoms. The Morgan fingerprint density at radius 1 is 1.40 bits per heavy atom. The van der Waals surface area contributed by atoms with Gasteiger partial charge >= 0.3 is 0 Å². The fraction of sp³-hybridized carbons (Fsp3) is 0.688. The van der Waals surface area contributed by atoms with Crippen molar-refractivity contribution in [1.29, 1.82) is 0 Å². The number of likely N-dealkylation sites (N-methyl/N-ethyl adjacent to an activating group) is 1. The molecule has 0 aliphatic carbocycles. The summed E-state index contributed by atoms with van der Waals surface area (Å²) in [6, 6.07) is 2.51. The lowest BCUT2D eigenvalue weighted by Crippen LogP contribution is -2.57. The second-order valence-electron chi connectivity index (χ2n) is 5.83. The number of rotatable bonds is 5. The third-order valence-corrected chi connectivity index (χ3v) is 4.59.